The molecule has 30 heteroatoms. The summed E-state index contributed by atoms with van der Waals surface area (Å²) >= 11 is 55.1. The molecule has 0 unspecified atom stereocenters. The molecule has 0 aliphatic heterocycles. The van der Waals surface area contributed by atoms with Gasteiger partial charge in [-0.3, -0.25) is 4.79 Å². The molecule has 8 aromatic rings. The number of ether oxygens (including phenoxy) is 10. The lowest BCUT2D eigenvalue weighted by Crippen LogP contribution is -2.00. The molecule has 0 radical (unpaired) electrons. The van der Waals surface area contributed by atoms with E-state index in [1.807, 2.05) is 50.6 Å². The Bertz CT molecular complexity index is 3630. The van der Waals surface area contributed by atoms with E-state index in [0.29, 0.717) is 136 Å². The number of anilines is 2. The second kappa shape index (κ2) is 38.6. The first-order valence-corrected chi connectivity index (χ1v) is 31.6. The zero-order valence-corrected chi connectivity index (χ0v) is 59.6. The number of aldehydes is 1. The summed E-state index contributed by atoms with van der Waals surface area (Å²) in [5, 5.41) is 14.5. The van der Waals surface area contributed by atoms with E-state index in [2.05, 4.69) is 40.8 Å². The topological polar surface area (TPSA) is 250 Å². The number of aromatic nitrogens is 5. The van der Waals surface area contributed by atoms with Crippen LogP contribution in [0.5, 0.6) is 57.5 Å². The highest BCUT2D eigenvalue weighted by molar-refractivity contribution is 9.08. The Morgan fingerprint density at radius 2 is 0.888 bits per heavy atom. The van der Waals surface area contributed by atoms with Gasteiger partial charge in [-0.15, -0.1) is 0 Å². The predicted octanol–water partition coefficient (Wildman–Crippen LogP) is 17.2. The number of carbonyl (C=O) groups excluding carboxylic acids is 1. The molecule has 478 valence electrons. The van der Waals surface area contributed by atoms with Crippen molar-refractivity contribution in [3.63, 3.8) is 0 Å². The van der Waals surface area contributed by atoms with E-state index < -0.39 is 0 Å². The molecule has 8 rings (SSSR count). The third kappa shape index (κ3) is 20.7. The van der Waals surface area contributed by atoms with E-state index in [0.717, 1.165) is 33.6 Å². The number of halogens is 9. The minimum absolute atomic E-state index is 0.116. The first kappa shape index (κ1) is 77.2. The van der Waals surface area contributed by atoms with E-state index in [4.69, 9.17) is 157 Å². The number of nitrogens with two attached hydrogens (primary N) is 2. The van der Waals surface area contributed by atoms with Crippen LogP contribution in [0.4, 0.5) is 11.6 Å². The van der Waals surface area contributed by atoms with Crippen LogP contribution in [-0.4, -0.2) is 115 Å². The molecule has 0 aliphatic carbocycles. The smallest absolute Gasteiger partial charge is 0.189 e. The van der Waals surface area contributed by atoms with Crippen molar-refractivity contribution in [2.45, 2.75) is 35.9 Å². The van der Waals surface area contributed by atoms with Crippen LogP contribution < -0.4 is 58.8 Å². The number of nitrogens with zero attached hydrogens (tertiary/aromatic N) is 6. The molecule has 4 N–H and O–H groups in total. The standard InChI is InChI=1S/C16H14Cl2N4O2S.C10H9Cl2NO2.C9H9BrCl2O2.C9H10Cl2O2.C9H12O2.C6H7N3OS/c1-23-9-5-10(24-2)13(18)11(12(9)17)8-4-7-6-20-16(25-3)22-15(7)21-14(8)19;1-14-7-5-8(15-2)10(12)6(3-4-13)9(7)11;1-13-6-3-7(14-2)9(12)5(4-10)8(6)11;1-5-8(10)6(12-2)4-7(13-3)9(5)11;1-7-4-8(10-2)6-9(5-7)11-3;1-11-6-8-2-4(3-10)5(7)9-6/h4-6H,1-3H3,(H2,19,20,21,22);5H,3H2,1-2H3;3H,4H2,1-2H3;4H,1-3H3;4-6H,1-3H3;2-3H,1H3,(H2,7,8,9). The molecule has 0 spiro atoms. The van der Waals surface area contributed by atoms with Crippen LogP contribution in [0.3, 0.4) is 0 Å². The first-order valence-electron chi connectivity index (χ1n) is 25.0. The second-order valence-electron chi connectivity index (χ2n) is 17.0. The molecule has 5 aromatic carbocycles. The average molecular weight is 1490 g/mol. The summed E-state index contributed by atoms with van der Waals surface area (Å²) in [7, 11) is 15.5. The number of fused-ring (bicyclic) bond motifs is 1. The van der Waals surface area contributed by atoms with Gasteiger partial charge in [0.1, 0.15) is 69.1 Å². The quantitative estimate of drug-likeness (QED) is 0.0395. The van der Waals surface area contributed by atoms with Crippen molar-refractivity contribution >= 4 is 161 Å². The van der Waals surface area contributed by atoms with Crippen LogP contribution in [0.25, 0.3) is 22.2 Å². The minimum atomic E-state index is 0.116. The Morgan fingerprint density at radius 3 is 1.25 bits per heavy atom. The summed E-state index contributed by atoms with van der Waals surface area (Å²) in [6.07, 6.45) is 7.59. The lowest BCUT2D eigenvalue weighted by Gasteiger charge is -2.16. The number of nitriles is 1. The van der Waals surface area contributed by atoms with Crippen molar-refractivity contribution in [3.05, 3.63) is 129 Å². The zero-order valence-electron chi connectivity index (χ0n) is 50.3. The molecular formula is C59H61BrCl8N8O11S2. The van der Waals surface area contributed by atoms with E-state index in [9.17, 15) is 4.79 Å². The number of nitrogen functional groups attached to an aromatic ring is 2. The molecule has 0 bridgehead atoms. The van der Waals surface area contributed by atoms with Gasteiger partial charge in [0.15, 0.2) is 22.2 Å². The predicted molar refractivity (Wildman–Crippen MR) is 365 cm³/mol. The van der Waals surface area contributed by atoms with Gasteiger partial charge >= 0.3 is 0 Å². The fourth-order valence-corrected chi connectivity index (χ4v) is 11.2. The summed E-state index contributed by atoms with van der Waals surface area (Å²) in [6.45, 7) is 3.82. The van der Waals surface area contributed by atoms with Crippen LogP contribution in [0.15, 0.2) is 71.2 Å². The van der Waals surface area contributed by atoms with Gasteiger partial charge < -0.3 is 58.8 Å². The maximum atomic E-state index is 10.3. The molecule has 3 aromatic heterocycles. The third-order valence-electron chi connectivity index (χ3n) is 11.7. The molecule has 0 amide bonds. The van der Waals surface area contributed by atoms with Gasteiger partial charge in [-0.2, -0.15) is 5.26 Å². The maximum Gasteiger partial charge on any atom is 0.189 e. The Balaban J connectivity index is 0.000000288. The highest BCUT2D eigenvalue weighted by atomic mass is 79.9. The van der Waals surface area contributed by atoms with Crippen molar-refractivity contribution in [2.24, 2.45) is 0 Å². The average Bonchev–Trinajstić information content (AvgIpc) is 1.04. The van der Waals surface area contributed by atoms with Crippen LogP contribution >= 0.6 is 132 Å². The highest BCUT2D eigenvalue weighted by Gasteiger charge is 2.23. The number of thioether (sulfide) groups is 2. The number of aryl methyl sites for hydroxylation is 1. The van der Waals surface area contributed by atoms with Crippen molar-refractivity contribution in [2.75, 3.05) is 95.1 Å². The summed E-state index contributed by atoms with van der Waals surface area (Å²) in [4.78, 5) is 31.0. The lowest BCUT2D eigenvalue weighted by molar-refractivity contribution is 0.112. The first-order chi connectivity index (χ1) is 42.4. The zero-order chi connectivity index (χ0) is 66.8. The normalized spacial score (nSPS) is 10.0. The summed E-state index contributed by atoms with van der Waals surface area (Å²) in [6, 6.07) is 16.1. The SMILES string of the molecule is COc1cc(C)cc(OC)c1.COc1cc(OC)c(Cl)c(-c2cc3cnc(SC)nc3nc2N)c1Cl.COc1cc(OC)c(Cl)c(C)c1Cl.COc1cc(OC)c(Cl)c(CBr)c1Cl.COc1cc(OC)c(Cl)c(CC#N)c1Cl.CSc1ncc(C=O)c(N)n1. The molecule has 0 saturated heterocycles. The Labute approximate surface area is 573 Å². The summed E-state index contributed by atoms with van der Waals surface area (Å²) in [5.41, 5.74) is 16.6. The number of pyridine rings is 1. The van der Waals surface area contributed by atoms with Gasteiger partial charge in [-0.1, -0.05) is 132 Å². The number of hydrogen-bond acceptors (Lipinski definition) is 21. The molecule has 89 heavy (non-hydrogen) atoms. The van der Waals surface area contributed by atoms with E-state index in [-0.39, 0.29) is 18.1 Å². The highest BCUT2D eigenvalue weighted by Crippen LogP contribution is 2.48. The van der Waals surface area contributed by atoms with Gasteiger partial charge in [-0.05, 0) is 55.7 Å². The van der Waals surface area contributed by atoms with Crippen LogP contribution in [0, 0.1) is 25.2 Å². The lowest BCUT2D eigenvalue weighted by atomic mass is 10.0. The monoisotopic (exact) mass is 1480 g/mol. The van der Waals surface area contributed by atoms with E-state index >= 15 is 0 Å². The van der Waals surface area contributed by atoms with Crippen molar-refractivity contribution in [1.82, 2.24) is 24.9 Å². The maximum absolute atomic E-state index is 10.3. The van der Waals surface area contributed by atoms with Crippen molar-refractivity contribution in [3.8, 4) is 74.7 Å². The fraction of sp³-hybridized carbons (Fsp3) is 0.271. The Morgan fingerprint density at radius 1 is 0.506 bits per heavy atom. The third-order valence-corrected chi connectivity index (χ3v) is 16.8. The number of hydrogen-bond donors (Lipinski definition) is 2. The van der Waals surface area contributed by atoms with Gasteiger partial charge in [-0.25, -0.2) is 24.9 Å². The molecular weight excluding hydrogens is 1420 g/mol. The molecule has 0 atom stereocenters. The number of benzene rings is 5. The summed E-state index contributed by atoms with van der Waals surface area (Å²) < 4.78 is 51.1. The Kier molecular flexibility index (Phi) is 33.5. The van der Waals surface area contributed by atoms with Crippen molar-refractivity contribution in [1.29, 1.82) is 5.26 Å². The molecule has 0 fully saturated rings. The molecule has 0 saturated carbocycles. The molecule has 3 heterocycles. The van der Waals surface area contributed by atoms with Crippen LogP contribution in [-0.2, 0) is 11.8 Å². The Hall–Kier alpha value is -6.07. The van der Waals surface area contributed by atoms with Crippen LogP contribution in [0.1, 0.15) is 32.6 Å². The number of alkyl halides is 1. The molecule has 19 nitrogen and oxygen atoms in total. The number of methoxy groups -OCH3 is 10. The fourth-order valence-electron chi connectivity index (χ4n) is 7.14. The molecule has 0 aliphatic rings. The van der Waals surface area contributed by atoms with Gasteiger partial charge in [0, 0.05) is 75.7 Å². The number of carbonyl (C=O) groups is 1. The minimum Gasteiger partial charge on any atom is -0.497 e. The van der Waals surface area contributed by atoms with Crippen LogP contribution in [0.2, 0.25) is 40.2 Å². The largest absolute Gasteiger partial charge is 0.497 e. The van der Waals surface area contributed by atoms with E-state index in [1.54, 1.807) is 79.2 Å². The van der Waals surface area contributed by atoms with Gasteiger partial charge in [0.05, 0.1) is 129 Å². The van der Waals surface area contributed by atoms with E-state index in [1.165, 1.54) is 58.2 Å². The van der Waals surface area contributed by atoms with Gasteiger partial charge in [0.2, 0.25) is 0 Å². The second-order valence-corrected chi connectivity index (χ2v) is 22.1. The summed E-state index contributed by atoms with van der Waals surface area (Å²) in [5.74, 6) is 6.15. The van der Waals surface area contributed by atoms with Crippen molar-refractivity contribution < 1.29 is 52.2 Å². The number of rotatable bonds is 16. The van der Waals surface area contributed by atoms with Gasteiger partial charge in [0.25, 0.3) is 0 Å².